The van der Waals surface area contributed by atoms with Crippen LogP contribution in [0.2, 0.25) is 0 Å². The van der Waals surface area contributed by atoms with E-state index in [1.165, 1.54) is 0 Å². The largest absolute Gasteiger partial charge is 0.299 e. The zero-order chi connectivity index (χ0) is 10.1. The van der Waals surface area contributed by atoms with Gasteiger partial charge in [0.2, 0.25) is 0 Å². The number of carbonyl (C=O) groups excluding carboxylic acids is 1. The summed E-state index contributed by atoms with van der Waals surface area (Å²) in [5.74, 6) is 0.370. The number of allylic oxidation sites excluding steroid dienone is 3. The lowest BCUT2D eigenvalue weighted by Gasteiger charge is -2.10. The molecule has 0 aromatic rings. The molecular weight excluding hydrogens is 160 g/mol. The summed E-state index contributed by atoms with van der Waals surface area (Å²) in [6, 6.07) is 0. The number of hydrogen-bond acceptors (Lipinski definition) is 1. The molecule has 0 rings (SSSR count). The molecule has 0 aliphatic heterocycles. The highest BCUT2D eigenvalue weighted by atomic mass is 16.1. The van der Waals surface area contributed by atoms with Gasteiger partial charge in [-0.1, -0.05) is 18.2 Å². The number of Topliss-reactive ketones (excluding diaryl/α,β-unsaturated/α-hetero) is 1. The maximum Gasteiger partial charge on any atom is 0.136 e. The molecule has 0 aliphatic carbocycles. The SMILES string of the molecule is C=CCCC(=O)C(CC=C)CC=C. The average Bonchev–Trinajstić information content (AvgIpc) is 2.14. The minimum atomic E-state index is 0.0787. The van der Waals surface area contributed by atoms with Crippen molar-refractivity contribution in [2.75, 3.05) is 0 Å². The Morgan fingerprint density at radius 2 is 1.62 bits per heavy atom. The van der Waals surface area contributed by atoms with Crippen LogP contribution in [0.1, 0.15) is 25.7 Å². The maximum atomic E-state index is 11.5. The zero-order valence-corrected chi connectivity index (χ0v) is 8.17. The van der Waals surface area contributed by atoms with Crippen molar-refractivity contribution >= 4 is 5.78 Å². The lowest BCUT2D eigenvalue weighted by atomic mass is 9.93. The standard InChI is InChI=1S/C12H18O/c1-4-7-10-12(13)11(8-5-2)9-6-3/h4-6,11H,1-3,7-10H2. The van der Waals surface area contributed by atoms with E-state index in [1.54, 1.807) is 18.2 Å². The highest BCUT2D eigenvalue weighted by Crippen LogP contribution is 2.14. The van der Waals surface area contributed by atoms with Crippen molar-refractivity contribution in [1.29, 1.82) is 0 Å². The third-order valence-electron chi connectivity index (χ3n) is 1.95. The van der Waals surface area contributed by atoms with Crippen molar-refractivity contribution < 1.29 is 4.79 Å². The highest BCUT2D eigenvalue weighted by Gasteiger charge is 2.13. The van der Waals surface area contributed by atoms with Crippen molar-refractivity contribution in [1.82, 2.24) is 0 Å². The van der Waals surface area contributed by atoms with E-state index in [4.69, 9.17) is 0 Å². The van der Waals surface area contributed by atoms with Crippen LogP contribution < -0.4 is 0 Å². The van der Waals surface area contributed by atoms with Gasteiger partial charge in [0, 0.05) is 12.3 Å². The molecule has 0 amide bonds. The van der Waals surface area contributed by atoms with E-state index >= 15 is 0 Å². The van der Waals surface area contributed by atoms with Crippen LogP contribution in [0.3, 0.4) is 0 Å². The average molecular weight is 178 g/mol. The second-order valence-electron chi connectivity index (χ2n) is 3.04. The molecular formula is C12H18O. The van der Waals surface area contributed by atoms with Crippen molar-refractivity contribution in [2.24, 2.45) is 5.92 Å². The topological polar surface area (TPSA) is 17.1 Å². The highest BCUT2D eigenvalue weighted by molar-refractivity contribution is 5.81. The smallest absolute Gasteiger partial charge is 0.136 e. The van der Waals surface area contributed by atoms with Gasteiger partial charge < -0.3 is 0 Å². The Labute approximate surface area is 80.8 Å². The van der Waals surface area contributed by atoms with Gasteiger partial charge in [0.1, 0.15) is 5.78 Å². The minimum Gasteiger partial charge on any atom is -0.299 e. The van der Waals surface area contributed by atoms with E-state index in [-0.39, 0.29) is 5.92 Å². The first-order chi connectivity index (χ1) is 6.26. The van der Waals surface area contributed by atoms with Crippen LogP contribution in [-0.4, -0.2) is 5.78 Å². The first-order valence-electron chi connectivity index (χ1n) is 4.61. The zero-order valence-electron chi connectivity index (χ0n) is 8.17. The van der Waals surface area contributed by atoms with E-state index in [1.807, 2.05) is 0 Å². The number of ketones is 1. The van der Waals surface area contributed by atoms with Crippen molar-refractivity contribution in [3.05, 3.63) is 38.0 Å². The number of carbonyl (C=O) groups is 1. The fourth-order valence-corrected chi connectivity index (χ4v) is 1.21. The lowest BCUT2D eigenvalue weighted by molar-refractivity contribution is -0.122. The molecule has 72 valence electrons. The Hall–Kier alpha value is -1.11. The summed E-state index contributed by atoms with van der Waals surface area (Å²) >= 11 is 0. The molecule has 0 bridgehead atoms. The molecule has 0 radical (unpaired) electrons. The van der Waals surface area contributed by atoms with Gasteiger partial charge in [0.15, 0.2) is 0 Å². The molecule has 0 saturated carbocycles. The summed E-state index contributed by atoms with van der Waals surface area (Å²) < 4.78 is 0. The Morgan fingerprint density at radius 3 is 2.00 bits per heavy atom. The van der Waals surface area contributed by atoms with Crippen molar-refractivity contribution in [3.8, 4) is 0 Å². The molecule has 0 saturated heterocycles. The van der Waals surface area contributed by atoms with Gasteiger partial charge in [0.25, 0.3) is 0 Å². The first kappa shape index (κ1) is 11.9. The van der Waals surface area contributed by atoms with Gasteiger partial charge >= 0.3 is 0 Å². The van der Waals surface area contributed by atoms with Gasteiger partial charge in [-0.05, 0) is 19.3 Å². The van der Waals surface area contributed by atoms with Crippen LogP contribution in [0.5, 0.6) is 0 Å². The predicted octanol–water partition coefficient (Wildman–Crippen LogP) is 3.29. The monoisotopic (exact) mass is 178 g/mol. The number of hydrogen-bond donors (Lipinski definition) is 0. The summed E-state index contributed by atoms with van der Waals surface area (Å²) in [5, 5.41) is 0. The van der Waals surface area contributed by atoms with Gasteiger partial charge in [-0.25, -0.2) is 0 Å². The van der Waals surface area contributed by atoms with Gasteiger partial charge in [-0.2, -0.15) is 0 Å². The summed E-state index contributed by atoms with van der Waals surface area (Å²) in [4.78, 5) is 11.5. The third kappa shape index (κ3) is 5.18. The summed E-state index contributed by atoms with van der Waals surface area (Å²) in [6.45, 7) is 10.9. The molecule has 0 N–H and O–H groups in total. The van der Waals surface area contributed by atoms with Crippen LogP contribution in [0.4, 0.5) is 0 Å². The fourth-order valence-electron chi connectivity index (χ4n) is 1.21. The Kier molecular flexibility index (Phi) is 6.89. The van der Waals surface area contributed by atoms with E-state index in [0.29, 0.717) is 12.2 Å². The Bertz CT molecular complexity index is 181. The van der Waals surface area contributed by atoms with E-state index in [0.717, 1.165) is 19.3 Å². The van der Waals surface area contributed by atoms with E-state index in [9.17, 15) is 4.79 Å². The van der Waals surface area contributed by atoms with Crippen LogP contribution in [0.15, 0.2) is 38.0 Å². The molecule has 0 unspecified atom stereocenters. The van der Waals surface area contributed by atoms with Crippen LogP contribution in [0, 0.1) is 5.92 Å². The van der Waals surface area contributed by atoms with Crippen molar-refractivity contribution in [3.63, 3.8) is 0 Å². The quantitative estimate of drug-likeness (QED) is 0.521. The molecule has 0 fully saturated rings. The van der Waals surface area contributed by atoms with Crippen molar-refractivity contribution in [2.45, 2.75) is 25.7 Å². The fraction of sp³-hybridized carbons (Fsp3) is 0.417. The predicted molar refractivity (Wildman–Crippen MR) is 57.6 cm³/mol. The lowest BCUT2D eigenvalue weighted by Crippen LogP contribution is -2.12. The Balaban J connectivity index is 4.00. The summed E-state index contributed by atoms with van der Waals surface area (Å²) in [7, 11) is 0. The van der Waals surface area contributed by atoms with E-state index in [2.05, 4.69) is 19.7 Å². The van der Waals surface area contributed by atoms with Gasteiger partial charge in [0.05, 0.1) is 0 Å². The molecule has 0 aromatic heterocycles. The first-order valence-corrected chi connectivity index (χ1v) is 4.61. The van der Waals surface area contributed by atoms with Crippen LogP contribution in [0.25, 0.3) is 0 Å². The third-order valence-corrected chi connectivity index (χ3v) is 1.95. The van der Waals surface area contributed by atoms with Crippen LogP contribution in [-0.2, 0) is 4.79 Å². The summed E-state index contributed by atoms with van der Waals surface area (Å²) in [6.07, 6.45) is 8.22. The molecule has 0 aromatic carbocycles. The normalized spacial score (nSPS) is 9.62. The molecule has 0 atom stereocenters. The Morgan fingerprint density at radius 1 is 1.08 bits per heavy atom. The van der Waals surface area contributed by atoms with E-state index < -0.39 is 0 Å². The molecule has 0 aliphatic rings. The molecule has 0 spiro atoms. The van der Waals surface area contributed by atoms with Gasteiger partial charge in [-0.15, -0.1) is 19.7 Å². The summed E-state index contributed by atoms with van der Waals surface area (Å²) in [5.41, 5.74) is 0. The number of rotatable bonds is 8. The minimum absolute atomic E-state index is 0.0787. The second-order valence-corrected chi connectivity index (χ2v) is 3.04. The van der Waals surface area contributed by atoms with Crippen LogP contribution >= 0.6 is 0 Å². The molecule has 1 nitrogen and oxygen atoms in total. The molecule has 13 heavy (non-hydrogen) atoms. The van der Waals surface area contributed by atoms with Gasteiger partial charge in [-0.3, -0.25) is 4.79 Å². The molecule has 1 heteroatoms. The molecule has 0 heterocycles. The second kappa shape index (κ2) is 7.53. The maximum absolute atomic E-state index is 11.5.